The summed E-state index contributed by atoms with van der Waals surface area (Å²) in [5.41, 5.74) is 5.27. The summed E-state index contributed by atoms with van der Waals surface area (Å²) in [6.07, 6.45) is 0.535. The van der Waals surface area contributed by atoms with Crippen molar-refractivity contribution in [3.8, 4) is 11.1 Å². The van der Waals surface area contributed by atoms with E-state index in [1.165, 1.54) is 0 Å². The Bertz CT molecular complexity index is 1280. The van der Waals surface area contributed by atoms with E-state index in [1.807, 2.05) is 58.9 Å². The molecule has 2 aromatic carbocycles. The Labute approximate surface area is 220 Å². The molecular formula is C28H38N2O6S. The van der Waals surface area contributed by atoms with E-state index in [0.29, 0.717) is 55.8 Å². The van der Waals surface area contributed by atoms with Crippen molar-refractivity contribution in [3.05, 3.63) is 52.1 Å². The van der Waals surface area contributed by atoms with Gasteiger partial charge in [-0.05, 0) is 88.6 Å². The third-order valence-electron chi connectivity index (χ3n) is 7.20. The van der Waals surface area contributed by atoms with Crippen LogP contribution >= 0.6 is 0 Å². The molecule has 1 unspecified atom stereocenters. The topological polar surface area (TPSA) is 105 Å². The lowest BCUT2D eigenvalue weighted by Crippen LogP contribution is -2.45. The number of aryl methyl sites for hydroxylation is 1. The highest BCUT2D eigenvalue weighted by Crippen LogP contribution is 2.44. The number of fused-ring (bicyclic) bond motifs is 1. The maximum Gasteiger partial charge on any atom is 0.337 e. The molecule has 1 saturated heterocycles. The average Bonchev–Trinajstić information content (AvgIpc) is 2.96. The van der Waals surface area contributed by atoms with Crippen LogP contribution in [0.3, 0.4) is 0 Å². The highest BCUT2D eigenvalue weighted by Gasteiger charge is 2.38. The molecule has 2 heterocycles. The number of anilines is 1. The Kier molecular flexibility index (Phi) is 7.72. The third kappa shape index (κ3) is 5.70. The number of ether oxygens (including phenoxy) is 2. The Balaban J connectivity index is 1.95. The van der Waals surface area contributed by atoms with Crippen LogP contribution in [-0.4, -0.2) is 55.2 Å². The van der Waals surface area contributed by atoms with Gasteiger partial charge in [0.05, 0.1) is 11.3 Å². The molecule has 0 radical (unpaired) electrons. The van der Waals surface area contributed by atoms with Gasteiger partial charge in [0.2, 0.25) is 0 Å². The Morgan fingerprint density at radius 2 is 1.73 bits per heavy atom. The number of carbonyl (C=O) groups is 1. The first-order chi connectivity index (χ1) is 17.3. The molecule has 0 aliphatic carbocycles. The summed E-state index contributed by atoms with van der Waals surface area (Å²) in [5.74, 6) is -1.12. The van der Waals surface area contributed by atoms with E-state index in [9.17, 15) is 18.3 Å². The number of benzene rings is 2. The predicted molar refractivity (Wildman–Crippen MR) is 144 cm³/mol. The molecule has 2 N–H and O–H groups in total. The van der Waals surface area contributed by atoms with Crippen molar-refractivity contribution < 1.29 is 27.8 Å². The van der Waals surface area contributed by atoms with E-state index < -0.39 is 27.9 Å². The van der Waals surface area contributed by atoms with Gasteiger partial charge in [-0.25, -0.2) is 4.79 Å². The number of nitrogens with zero attached hydrogens (tertiary/aromatic N) is 1. The number of hydrogen-bond donors (Lipinski definition) is 2. The van der Waals surface area contributed by atoms with E-state index >= 15 is 0 Å². The van der Waals surface area contributed by atoms with Crippen LogP contribution in [0, 0.1) is 20.8 Å². The Hall–Kier alpha value is -2.46. The fourth-order valence-corrected chi connectivity index (χ4v) is 7.01. The fourth-order valence-electron chi connectivity index (χ4n) is 5.43. The summed E-state index contributed by atoms with van der Waals surface area (Å²) < 4.78 is 43.1. The highest BCUT2D eigenvalue weighted by atomic mass is 32.2. The van der Waals surface area contributed by atoms with Crippen molar-refractivity contribution in [2.45, 2.75) is 78.6 Å². The molecule has 0 aromatic heterocycles. The van der Waals surface area contributed by atoms with Crippen LogP contribution in [0.2, 0.25) is 0 Å². The van der Waals surface area contributed by atoms with Crippen LogP contribution in [0.25, 0.3) is 11.1 Å². The lowest BCUT2D eigenvalue weighted by Gasteiger charge is -2.32. The SMILES string of the molecule is Cc1ccc(-c2c(C)c3c(c(C)c2C(OC(C)(C)C)C(=O)O)NS(=O)(=O)N(C2CCOCC2)CC3)cc1. The summed E-state index contributed by atoms with van der Waals surface area (Å²) in [5, 5.41) is 10.3. The van der Waals surface area contributed by atoms with Gasteiger partial charge in [0.25, 0.3) is 0 Å². The Morgan fingerprint density at radius 3 is 2.30 bits per heavy atom. The molecule has 0 saturated carbocycles. The lowest BCUT2D eigenvalue weighted by atomic mass is 9.83. The van der Waals surface area contributed by atoms with Crippen LogP contribution in [0.1, 0.15) is 67.5 Å². The lowest BCUT2D eigenvalue weighted by molar-refractivity contribution is -0.160. The maximum atomic E-state index is 13.6. The van der Waals surface area contributed by atoms with Gasteiger partial charge in [-0.1, -0.05) is 29.8 Å². The van der Waals surface area contributed by atoms with Gasteiger partial charge in [0.1, 0.15) is 0 Å². The van der Waals surface area contributed by atoms with Gasteiger partial charge >= 0.3 is 16.2 Å². The van der Waals surface area contributed by atoms with Crippen molar-refractivity contribution in [3.63, 3.8) is 0 Å². The van der Waals surface area contributed by atoms with Crippen molar-refractivity contribution in [1.29, 1.82) is 0 Å². The first-order valence-electron chi connectivity index (χ1n) is 12.8. The minimum atomic E-state index is -3.85. The van der Waals surface area contributed by atoms with E-state index in [1.54, 1.807) is 11.2 Å². The Morgan fingerprint density at radius 1 is 1.11 bits per heavy atom. The van der Waals surface area contributed by atoms with E-state index in [4.69, 9.17) is 9.47 Å². The third-order valence-corrected chi connectivity index (χ3v) is 8.76. The zero-order chi connectivity index (χ0) is 27.1. The monoisotopic (exact) mass is 530 g/mol. The first-order valence-corrected chi connectivity index (χ1v) is 14.2. The molecule has 8 nitrogen and oxygen atoms in total. The summed E-state index contributed by atoms with van der Waals surface area (Å²) >= 11 is 0. The van der Waals surface area contributed by atoms with Crippen molar-refractivity contribution in [1.82, 2.24) is 4.31 Å². The number of rotatable bonds is 5. The quantitative estimate of drug-likeness (QED) is 0.569. The van der Waals surface area contributed by atoms with E-state index in [-0.39, 0.29) is 6.04 Å². The smallest absolute Gasteiger partial charge is 0.337 e. The molecule has 9 heteroatoms. The predicted octanol–water partition coefficient (Wildman–Crippen LogP) is 4.91. The molecule has 2 aromatic rings. The number of nitrogens with one attached hydrogen (secondary N) is 1. The molecular weight excluding hydrogens is 492 g/mol. The molecule has 2 aliphatic rings. The molecule has 0 amide bonds. The summed E-state index contributed by atoms with van der Waals surface area (Å²) in [6, 6.07) is 7.83. The molecule has 37 heavy (non-hydrogen) atoms. The first kappa shape index (κ1) is 27.6. The van der Waals surface area contributed by atoms with Crippen molar-refractivity contribution >= 4 is 21.9 Å². The van der Waals surface area contributed by atoms with Gasteiger partial charge in [0.15, 0.2) is 6.10 Å². The molecule has 4 rings (SSSR count). The van der Waals surface area contributed by atoms with Crippen molar-refractivity contribution in [2.24, 2.45) is 0 Å². The second-order valence-electron chi connectivity index (χ2n) is 11.0. The number of aliphatic carboxylic acids is 1. The molecule has 0 spiro atoms. The summed E-state index contributed by atoms with van der Waals surface area (Å²) in [7, 11) is -3.85. The zero-order valence-electron chi connectivity index (χ0n) is 22.6. The number of carboxylic acid groups (broad SMARTS) is 1. The van der Waals surface area contributed by atoms with Crippen LogP contribution in [0.4, 0.5) is 5.69 Å². The number of carboxylic acids is 1. The van der Waals surface area contributed by atoms with Gasteiger partial charge in [-0.2, -0.15) is 12.7 Å². The average molecular weight is 531 g/mol. The number of hydrogen-bond acceptors (Lipinski definition) is 5. The van der Waals surface area contributed by atoms with E-state index in [2.05, 4.69) is 4.72 Å². The van der Waals surface area contributed by atoms with Gasteiger partial charge < -0.3 is 14.6 Å². The van der Waals surface area contributed by atoms with Crippen LogP contribution in [-0.2, 0) is 30.9 Å². The van der Waals surface area contributed by atoms with E-state index in [0.717, 1.165) is 27.8 Å². The fraction of sp³-hybridized carbons (Fsp3) is 0.536. The van der Waals surface area contributed by atoms with Gasteiger partial charge in [-0.15, -0.1) is 0 Å². The highest BCUT2D eigenvalue weighted by molar-refractivity contribution is 7.90. The molecule has 2 aliphatic heterocycles. The maximum absolute atomic E-state index is 13.6. The molecule has 1 atom stereocenters. The largest absolute Gasteiger partial charge is 0.479 e. The normalized spacial score (nSPS) is 19.5. The molecule has 202 valence electrons. The van der Waals surface area contributed by atoms with Gasteiger partial charge in [0, 0.05) is 31.4 Å². The second kappa shape index (κ2) is 10.4. The molecule has 0 bridgehead atoms. The van der Waals surface area contributed by atoms with Crippen LogP contribution in [0.15, 0.2) is 24.3 Å². The minimum Gasteiger partial charge on any atom is -0.479 e. The van der Waals surface area contributed by atoms with Crippen LogP contribution < -0.4 is 4.72 Å². The summed E-state index contributed by atoms with van der Waals surface area (Å²) in [4.78, 5) is 12.6. The standard InChI is InChI=1S/C28H38N2O6S/c1-17-7-9-20(10-8-17)23-18(2)22-11-14-30(21-12-15-35-16-13-21)37(33,34)29-25(22)19(3)24(23)26(27(31)32)36-28(4,5)6/h7-10,21,26,29H,11-16H2,1-6H3,(H,31,32). The minimum absolute atomic E-state index is 0.131. The summed E-state index contributed by atoms with van der Waals surface area (Å²) in [6.45, 7) is 12.6. The molecule has 1 fully saturated rings. The van der Waals surface area contributed by atoms with Crippen LogP contribution in [0.5, 0.6) is 0 Å². The van der Waals surface area contributed by atoms with Gasteiger partial charge in [-0.3, -0.25) is 4.72 Å². The zero-order valence-corrected chi connectivity index (χ0v) is 23.4. The second-order valence-corrected chi connectivity index (χ2v) is 12.6. The van der Waals surface area contributed by atoms with Crippen molar-refractivity contribution in [2.75, 3.05) is 24.5 Å².